The van der Waals surface area contributed by atoms with Crippen molar-refractivity contribution in [3.63, 3.8) is 0 Å². The van der Waals surface area contributed by atoms with Crippen molar-refractivity contribution in [2.45, 2.75) is 81.8 Å². The van der Waals surface area contributed by atoms with E-state index >= 15 is 0 Å². The molecule has 0 aromatic heterocycles. The molecule has 0 heterocycles. The molecule has 7 nitrogen and oxygen atoms in total. The van der Waals surface area contributed by atoms with Crippen molar-refractivity contribution in [2.75, 3.05) is 10.8 Å². The molecule has 258 valence electrons. The van der Waals surface area contributed by atoms with Gasteiger partial charge in [-0.3, -0.25) is 13.9 Å². The van der Waals surface area contributed by atoms with Gasteiger partial charge in [-0.25, -0.2) is 8.42 Å². The normalized spacial score (nSPS) is 14.3. The number of benzene rings is 4. The van der Waals surface area contributed by atoms with Crippen molar-refractivity contribution in [1.82, 2.24) is 10.2 Å². The van der Waals surface area contributed by atoms with E-state index in [1.54, 1.807) is 48.5 Å². The number of nitrogens with zero attached hydrogens (tertiary/aromatic N) is 2. The van der Waals surface area contributed by atoms with Crippen LogP contribution in [0.1, 0.15) is 68.6 Å². The molecule has 1 aliphatic carbocycles. The highest BCUT2D eigenvalue weighted by Gasteiger charge is 2.36. The second-order valence-corrected chi connectivity index (χ2v) is 15.5. The van der Waals surface area contributed by atoms with E-state index in [1.807, 2.05) is 42.5 Å². The monoisotopic (exact) mass is 719 g/mol. The van der Waals surface area contributed by atoms with Gasteiger partial charge in [-0.2, -0.15) is 0 Å². The third kappa shape index (κ3) is 9.24. The van der Waals surface area contributed by atoms with Gasteiger partial charge >= 0.3 is 0 Å². The molecular formula is C39H43Cl2N3O4S. The Morgan fingerprint density at radius 3 is 1.98 bits per heavy atom. The van der Waals surface area contributed by atoms with E-state index in [4.69, 9.17) is 23.2 Å². The number of anilines is 1. The molecule has 0 spiro atoms. The smallest absolute Gasteiger partial charge is 0.264 e. The lowest BCUT2D eigenvalue weighted by molar-refractivity contribution is -0.140. The zero-order valence-corrected chi connectivity index (χ0v) is 30.2. The second-order valence-electron chi connectivity index (χ2n) is 12.8. The molecule has 4 aromatic rings. The molecule has 4 aromatic carbocycles. The molecule has 0 aliphatic heterocycles. The predicted molar refractivity (Wildman–Crippen MR) is 197 cm³/mol. The third-order valence-corrected chi connectivity index (χ3v) is 11.6. The number of hydrogen-bond donors (Lipinski definition) is 1. The lowest BCUT2D eigenvalue weighted by Gasteiger charge is -2.35. The first-order chi connectivity index (χ1) is 23.5. The molecule has 0 bridgehead atoms. The van der Waals surface area contributed by atoms with Crippen molar-refractivity contribution in [3.8, 4) is 0 Å². The van der Waals surface area contributed by atoms with Gasteiger partial charge in [0.05, 0.1) is 10.6 Å². The van der Waals surface area contributed by atoms with Crippen LogP contribution in [0.5, 0.6) is 0 Å². The number of rotatable bonds is 13. The van der Waals surface area contributed by atoms with E-state index < -0.39 is 28.5 Å². The summed E-state index contributed by atoms with van der Waals surface area (Å²) >= 11 is 13.3. The van der Waals surface area contributed by atoms with Crippen LogP contribution in [0.25, 0.3) is 0 Å². The van der Waals surface area contributed by atoms with E-state index in [0.29, 0.717) is 21.3 Å². The van der Waals surface area contributed by atoms with Crippen LogP contribution in [-0.2, 0) is 32.6 Å². The molecule has 1 aliphatic rings. The highest BCUT2D eigenvalue weighted by atomic mass is 35.5. The number of hydrogen-bond acceptors (Lipinski definition) is 4. The number of halogens is 2. The topological polar surface area (TPSA) is 86.8 Å². The summed E-state index contributed by atoms with van der Waals surface area (Å²) in [6, 6.07) is 28.8. The molecule has 2 amide bonds. The van der Waals surface area contributed by atoms with E-state index in [1.165, 1.54) is 17.0 Å². The predicted octanol–water partition coefficient (Wildman–Crippen LogP) is 8.40. The van der Waals surface area contributed by atoms with Gasteiger partial charge in [0, 0.05) is 34.6 Å². The van der Waals surface area contributed by atoms with Crippen LogP contribution in [0.2, 0.25) is 10.0 Å². The number of nitrogens with one attached hydrogen (secondary N) is 1. The average molecular weight is 721 g/mol. The Kier molecular flexibility index (Phi) is 12.4. The Bertz CT molecular complexity index is 1790. The Morgan fingerprint density at radius 1 is 0.796 bits per heavy atom. The molecule has 0 radical (unpaired) electrons. The van der Waals surface area contributed by atoms with Gasteiger partial charge in [-0.1, -0.05) is 123 Å². The zero-order chi connectivity index (χ0) is 35.0. The van der Waals surface area contributed by atoms with E-state index in [9.17, 15) is 18.0 Å². The largest absolute Gasteiger partial charge is 0.352 e. The summed E-state index contributed by atoms with van der Waals surface area (Å²) in [7, 11) is -4.20. The fraction of sp³-hybridized carbons (Fsp3) is 0.333. The van der Waals surface area contributed by atoms with Gasteiger partial charge < -0.3 is 10.2 Å². The van der Waals surface area contributed by atoms with Crippen LogP contribution in [-0.4, -0.2) is 43.8 Å². The number of sulfonamides is 1. The third-order valence-electron chi connectivity index (χ3n) is 9.07. The van der Waals surface area contributed by atoms with Crippen molar-refractivity contribution in [2.24, 2.45) is 0 Å². The van der Waals surface area contributed by atoms with Crippen molar-refractivity contribution >= 4 is 50.7 Å². The number of amides is 2. The highest BCUT2D eigenvalue weighted by Crippen LogP contribution is 2.30. The summed E-state index contributed by atoms with van der Waals surface area (Å²) < 4.78 is 29.7. The van der Waals surface area contributed by atoms with Gasteiger partial charge in [0.15, 0.2) is 0 Å². The van der Waals surface area contributed by atoms with Crippen molar-refractivity contribution in [1.29, 1.82) is 0 Å². The molecule has 1 fully saturated rings. The fourth-order valence-electron chi connectivity index (χ4n) is 6.23. The first-order valence-corrected chi connectivity index (χ1v) is 19.0. The zero-order valence-electron chi connectivity index (χ0n) is 27.9. The number of carbonyl (C=O) groups is 2. The lowest BCUT2D eigenvalue weighted by atomic mass is 9.94. The maximum Gasteiger partial charge on any atom is 0.264 e. The van der Waals surface area contributed by atoms with Gasteiger partial charge in [-0.15, -0.1) is 0 Å². The minimum absolute atomic E-state index is 0.00481. The van der Waals surface area contributed by atoms with Crippen LogP contribution in [0.3, 0.4) is 0 Å². The van der Waals surface area contributed by atoms with Crippen LogP contribution in [0.4, 0.5) is 5.69 Å². The fourth-order valence-corrected chi connectivity index (χ4v) is 8.18. The Labute approximate surface area is 300 Å². The summed E-state index contributed by atoms with van der Waals surface area (Å²) in [6.45, 7) is 3.46. The van der Waals surface area contributed by atoms with E-state index in [2.05, 4.69) is 19.2 Å². The standard InChI is InChI=1S/C39H43Cl2N3O4S/c1-28(2)30-21-23-32(24-22-30)44(49(47,48)33-17-10-5-11-18-33)27-38(45)43(26-34-35(40)19-12-20-36(34)41)37(25-29-13-6-3-7-14-29)39(46)42-31-15-8-4-9-16-31/h3,5-7,10-14,17-24,28,31,37H,4,8-9,15-16,25-27H2,1-2H3,(H,42,46)/t37-/m1/s1. The first kappa shape index (κ1) is 36.4. The lowest BCUT2D eigenvalue weighted by Crippen LogP contribution is -2.55. The average Bonchev–Trinajstić information content (AvgIpc) is 3.11. The van der Waals surface area contributed by atoms with E-state index in [-0.39, 0.29) is 35.7 Å². The summed E-state index contributed by atoms with van der Waals surface area (Å²) in [5, 5.41) is 3.90. The van der Waals surface area contributed by atoms with Gasteiger partial charge in [-0.05, 0) is 66.3 Å². The van der Waals surface area contributed by atoms with Gasteiger partial charge in [0.1, 0.15) is 12.6 Å². The minimum Gasteiger partial charge on any atom is -0.352 e. The van der Waals surface area contributed by atoms with Gasteiger partial charge in [0.25, 0.3) is 10.0 Å². The molecule has 1 saturated carbocycles. The Balaban J connectivity index is 1.59. The molecule has 0 unspecified atom stereocenters. The Morgan fingerprint density at radius 2 is 1.39 bits per heavy atom. The van der Waals surface area contributed by atoms with Crippen molar-refractivity contribution in [3.05, 3.63) is 130 Å². The van der Waals surface area contributed by atoms with Crippen LogP contribution < -0.4 is 9.62 Å². The van der Waals surface area contributed by atoms with E-state index in [0.717, 1.165) is 47.5 Å². The molecule has 1 atom stereocenters. The first-order valence-electron chi connectivity index (χ1n) is 16.8. The molecule has 10 heteroatoms. The minimum atomic E-state index is -4.20. The maximum atomic E-state index is 14.8. The van der Waals surface area contributed by atoms with Crippen LogP contribution in [0, 0.1) is 0 Å². The quantitative estimate of drug-likeness (QED) is 0.150. The number of carbonyl (C=O) groups excluding carboxylic acids is 2. The van der Waals surface area contributed by atoms with Crippen molar-refractivity contribution < 1.29 is 18.0 Å². The van der Waals surface area contributed by atoms with Crippen LogP contribution >= 0.6 is 23.2 Å². The highest BCUT2D eigenvalue weighted by molar-refractivity contribution is 7.92. The summed E-state index contributed by atoms with van der Waals surface area (Å²) in [5.74, 6) is -0.638. The van der Waals surface area contributed by atoms with Gasteiger partial charge in [0.2, 0.25) is 11.8 Å². The molecule has 1 N–H and O–H groups in total. The summed E-state index contributed by atoms with van der Waals surface area (Å²) in [4.78, 5) is 30.6. The molecule has 0 saturated heterocycles. The maximum absolute atomic E-state index is 14.8. The summed E-state index contributed by atoms with van der Waals surface area (Å²) in [5.41, 5.74) is 2.70. The summed E-state index contributed by atoms with van der Waals surface area (Å²) in [6.07, 6.45) is 5.11. The molecule has 49 heavy (non-hydrogen) atoms. The molecule has 5 rings (SSSR count). The SMILES string of the molecule is CC(C)c1ccc(N(CC(=O)N(Cc2c(Cl)cccc2Cl)[C@H](Cc2ccccc2)C(=O)NC2CCCCC2)S(=O)(=O)c2ccccc2)cc1. The molecular weight excluding hydrogens is 677 g/mol. The Hall–Kier alpha value is -3.85. The van der Waals surface area contributed by atoms with Crippen LogP contribution in [0.15, 0.2) is 108 Å². The second kappa shape index (κ2) is 16.7.